The summed E-state index contributed by atoms with van der Waals surface area (Å²) in [6.45, 7) is 8.64. The molecule has 3 heteroatoms. The minimum absolute atomic E-state index is 0.0271. The van der Waals surface area contributed by atoms with Crippen molar-refractivity contribution in [1.29, 1.82) is 0 Å². The van der Waals surface area contributed by atoms with Crippen molar-refractivity contribution in [3.63, 3.8) is 0 Å². The molecule has 100 valence electrons. The molecule has 1 aromatic rings. The van der Waals surface area contributed by atoms with E-state index in [0.717, 1.165) is 18.5 Å². The van der Waals surface area contributed by atoms with Gasteiger partial charge in [0.15, 0.2) is 0 Å². The molecule has 0 aliphatic heterocycles. The Morgan fingerprint density at radius 2 is 1.72 bits per heavy atom. The average Bonchev–Trinajstić information content (AvgIpc) is 2.36. The molecule has 0 heterocycles. The highest BCUT2D eigenvalue weighted by molar-refractivity contribution is 5.93. The van der Waals surface area contributed by atoms with E-state index in [9.17, 15) is 4.79 Å². The highest BCUT2D eigenvalue weighted by Gasteiger charge is 2.09. The quantitative estimate of drug-likeness (QED) is 0.812. The number of anilines is 1. The number of rotatable bonds is 6. The summed E-state index contributed by atoms with van der Waals surface area (Å²) < 4.78 is 0. The summed E-state index contributed by atoms with van der Waals surface area (Å²) in [7, 11) is 0. The van der Waals surface area contributed by atoms with Crippen LogP contribution in [0, 0.1) is 0 Å². The molecule has 18 heavy (non-hydrogen) atoms. The molecule has 0 fully saturated rings. The third kappa shape index (κ3) is 4.15. The van der Waals surface area contributed by atoms with Crippen LogP contribution in [-0.2, 0) is 17.6 Å². The smallest absolute Gasteiger partial charge is 0.238 e. The molecular formula is C15H24N2O. The topological polar surface area (TPSA) is 41.1 Å². The molecule has 1 rings (SSSR count). The second-order valence-corrected chi connectivity index (χ2v) is 4.74. The normalized spacial score (nSPS) is 10.7. The van der Waals surface area contributed by atoms with Crippen LogP contribution in [0.15, 0.2) is 18.2 Å². The highest BCUT2D eigenvalue weighted by Crippen LogP contribution is 2.22. The van der Waals surface area contributed by atoms with Crippen molar-refractivity contribution in [2.45, 2.75) is 46.6 Å². The predicted molar refractivity (Wildman–Crippen MR) is 77.0 cm³/mol. The van der Waals surface area contributed by atoms with Crippen molar-refractivity contribution in [2.24, 2.45) is 0 Å². The van der Waals surface area contributed by atoms with Crippen LogP contribution in [0.25, 0.3) is 0 Å². The third-order valence-corrected chi connectivity index (χ3v) is 2.93. The summed E-state index contributed by atoms with van der Waals surface area (Å²) in [6.07, 6.45) is 1.86. The van der Waals surface area contributed by atoms with Gasteiger partial charge in [-0.3, -0.25) is 4.79 Å². The van der Waals surface area contributed by atoms with E-state index >= 15 is 0 Å². The van der Waals surface area contributed by atoms with E-state index in [4.69, 9.17) is 0 Å². The van der Waals surface area contributed by atoms with Crippen LogP contribution in [0.2, 0.25) is 0 Å². The summed E-state index contributed by atoms with van der Waals surface area (Å²) in [5.41, 5.74) is 3.40. The van der Waals surface area contributed by atoms with Crippen LogP contribution in [0.3, 0.4) is 0 Å². The van der Waals surface area contributed by atoms with E-state index < -0.39 is 0 Å². The van der Waals surface area contributed by atoms with Gasteiger partial charge in [-0.15, -0.1) is 0 Å². The SMILES string of the molecule is CCc1cccc(CC)c1NC(=O)CNC(C)C. The monoisotopic (exact) mass is 248 g/mol. The number of hydrogen-bond donors (Lipinski definition) is 2. The number of carbonyl (C=O) groups excluding carboxylic acids is 1. The van der Waals surface area contributed by atoms with Gasteiger partial charge in [0.05, 0.1) is 6.54 Å². The molecule has 0 aromatic heterocycles. The lowest BCUT2D eigenvalue weighted by Gasteiger charge is -2.15. The molecule has 0 radical (unpaired) electrons. The Morgan fingerprint density at radius 1 is 1.17 bits per heavy atom. The number of para-hydroxylation sites is 1. The highest BCUT2D eigenvalue weighted by atomic mass is 16.1. The first-order valence-electron chi connectivity index (χ1n) is 6.72. The van der Waals surface area contributed by atoms with Gasteiger partial charge in [0.2, 0.25) is 5.91 Å². The fraction of sp³-hybridized carbons (Fsp3) is 0.533. The molecule has 0 unspecified atom stereocenters. The molecule has 0 saturated heterocycles. The van der Waals surface area contributed by atoms with Gasteiger partial charge in [-0.05, 0) is 24.0 Å². The van der Waals surface area contributed by atoms with Crippen molar-refractivity contribution in [1.82, 2.24) is 5.32 Å². The molecule has 1 aromatic carbocycles. The van der Waals surface area contributed by atoms with Crippen molar-refractivity contribution in [3.05, 3.63) is 29.3 Å². The molecule has 0 saturated carbocycles. The molecule has 0 bridgehead atoms. The van der Waals surface area contributed by atoms with E-state index in [1.165, 1.54) is 11.1 Å². The van der Waals surface area contributed by atoms with Crippen LogP contribution in [0.5, 0.6) is 0 Å². The second-order valence-electron chi connectivity index (χ2n) is 4.74. The second kappa shape index (κ2) is 7.17. The number of nitrogens with one attached hydrogen (secondary N) is 2. The van der Waals surface area contributed by atoms with E-state index in [-0.39, 0.29) is 5.91 Å². The maximum atomic E-state index is 11.9. The fourth-order valence-corrected chi connectivity index (χ4v) is 1.88. The fourth-order valence-electron chi connectivity index (χ4n) is 1.88. The first-order chi connectivity index (χ1) is 8.58. The average molecular weight is 248 g/mol. The summed E-state index contributed by atoms with van der Waals surface area (Å²) in [6, 6.07) is 6.53. The number of carbonyl (C=O) groups is 1. The summed E-state index contributed by atoms with van der Waals surface area (Å²) >= 11 is 0. The predicted octanol–water partition coefficient (Wildman–Crippen LogP) is 2.75. The zero-order chi connectivity index (χ0) is 13.5. The van der Waals surface area contributed by atoms with E-state index in [2.05, 4.69) is 42.7 Å². The molecule has 0 spiro atoms. The molecule has 0 aliphatic rings. The minimum atomic E-state index is 0.0271. The largest absolute Gasteiger partial charge is 0.324 e. The van der Waals surface area contributed by atoms with Crippen LogP contribution in [-0.4, -0.2) is 18.5 Å². The van der Waals surface area contributed by atoms with E-state index in [1.807, 2.05) is 13.8 Å². The molecule has 3 nitrogen and oxygen atoms in total. The number of hydrogen-bond acceptors (Lipinski definition) is 2. The van der Waals surface area contributed by atoms with Crippen molar-refractivity contribution < 1.29 is 4.79 Å². The van der Waals surface area contributed by atoms with Gasteiger partial charge in [-0.2, -0.15) is 0 Å². The summed E-state index contributed by atoms with van der Waals surface area (Å²) in [5, 5.41) is 6.16. The lowest BCUT2D eigenvalue weighted by atomic mass is 10.0. The zero-order valence-electron chi connectivity index (χ0n) is 11.8. The molecule has 0 atom stereocenters. The maximum Gasteiger partial charge on any atom is 0.238 e. The van der Waals surface area contributed by atoms with Crippen LogP contribution in [0.4, 0.5) is 5.69 Å². The third-order valence-electron chi connectivity index (χ3n) is 2.93. The Kier molecular flexibility index (Phi) is 5.86. The standard InChI is InChI=1S/C15H24N2O/c1-5-12-8-7-9-13(6-2)15(12)17-14(18)10-16-11(3)4/h7-9,11,16H,5-6,10H2,1-4H3,(H,17,18). The van der Waals surface area contributed by atoms with Gasteiger partial charge in [0.25, 0.3) is 0 Å². The van der Waals surface area contributed by atoms with Crippen molar-refractivity contribution >= 4 is 11.6 Å². The Balaban J connectivity index is 2.79. The van der Waals surface area contributed by atoms with Gasteiger partial charge in [-0.25, -0.2) is 0 Å². The first kappa shape index (κ1) is 14.7. The Bertz CT molecular complexity index is 377. The summed E-state index contributed by atoms with van der Waals surface area (Å²) in [4.78, 5) is 11.9. The van der Waals surface area contributed by atoms with Gasteiger partial charge >= 0.3 is 0 Å². The van der Waals surface area contributed by atoms with Gasteiger partial charge < -0.3 is 10.6 Å². The number of amides is 1. The molecule has 1 amide bonds. The summed E-state index contributed by atoms with van der Waals surface area (Å²) in [5.74, 6) is 0.0271. The zero-order valence-corrected chi connectivity index (χ0v) is 11.8. The molecular weight excluding hydrogens is 224 g/mol. The number of benzene rings is 1. The lowest BCUT2D eigenvalue weighted by molar-refractivity contribution is -0.115. The molecule has 0 aliphatic carbocycles. The number of aryl methyl sites for hydroxylation is 2. The van der Waals surface area contributed by atoms with Crippen LogP contribution >= 0.6 is 0 Å². The van der Waals surface area contributed by atoms with Crippen molar-refractivity contribution in [2.75, 3.05) is 11.9 Å². The van der Waals surface area contributed by atoms with Gasteiger partial charge in [0.1, 0.15) is 0 Å². The Morgan fingerprint density at radius 3 is 2.17 bits per heavy atom. The Labute approximate surface area is 110 Å². The lowest BCUT2D eigenvalue weighted by Crippen LogP contribution is -2.33. The van der Waals surface area contributed by atoms with E-state index in [0.29, 0.717) is 12.6 Å². The van der Waals surface area contributed by atoms with Crippen LogP contribution in [0.1, 0.15) is 38.8 Å². The molecule has 2 N–H and O–H groups in total. The first-order valence-corrected chi connectivity index (χ1v) is 6.72. The van der Waals surface area contributed by atoms with E-state index in [1.54, 1.807) is 0 Å². The minimum Gasteiger partial charge on any atom is -0.324 e. The van der Waals surface area contributed by atoms with Crippen molar-refractivity contribution in [3.8, 4) is 0 Å². The Hall–Kier alpha value is -1.35. The maximum absolute atomic E-state index is 11.9. The van der Waals surface area contributed by atoms with Gasteiger partial charge in [-0.1, -0.05) is 45.9 Å². The van der Waals surface area contributed by atoms with Gasteiger partial charge in [0, 0.05) is 11.7 Å². The van der Waals surface area contributed by atoms with Crippen LogP contribution < -0.4 is 10.6 Å².